The fourth-order valence-corrected chi connectivity index (χ4v) is 4.57. The van der Waals surface area contributed by atoms with Crippen LogP contribution in [0.3, 0.4) is 0 Å². The second-order valence-corrected chi connectivity index (χ2v) is 8.71. The van der Waals surface area contributed by atoms with Gasteiger partial charge in [-0.1, -0.05) is 6.07 Å². The van der Waals surface area contributed by atoms with E-state index in [1.807, 2.05) is 18.2 Å². The van der Waals surface area contributed by atoms with Crippen molar-refractivity contribution < 1.29 is 14.1 Å². The van der Waals surface area contributed by atoms with Crippen LogP contribution < -0.4 is 9.64 Å². The van der Waals surface area contributed by atoms with Gasteiger partial charge in [-0.2, -0.15) is 0 Å². The third-order valence-electron chi connectivity index (χ3n) is 4.36. The lowest BCUT2D eigenvalue weighted by molar-refractivity contribution is 0.0389. The number of methoxy groups -OCH3 is 1. The largest absolute Gasteiger partial charge is 0.494 e. The summed E-state index contributed by atoms with van der Waals surface area (Å²) in [4.78, 5) is 10.8. The van der Waals surface area contributed by atoms with Gasteiger partial charge in [0.25, 0.3) is 0 Å². The van der Waals surface area contributed by atoms with E-state index in [4.69, 9.17) is 9.52 Å². The first-order chi connectivity index (χ1) is 11.3. The van der Waals surface area contributed by atoms with Crippen LogP contribution in [0.1, 0.15) is 12.8 Å². The Morgan fingerprint density at radius 3 is 2.71 bits per heavy atom. The van der Waals surface area contributed by atoms with Gasteiger partial charge in [0.15, 0.2) is 0 Å². The van der Waals surface area contributed by atoms with Crippen LogP contribution in [0.4, 0.5) is 5.82 Å². The molecule has 2 aromatic rings. The van der Waals surface area contributed by atoms with Crippen LogP contribution in [-0.2, 0) is 9.73 Å². The zero-order valence-corrected chi connectivity index (χ0v) is 14.7. The first kappa shape index (κ1) is 16.9. The van der Waals surface area contributed by atoms with E-state index in [0.29, 0.717) is 31.7 Å². The zero-order chi connectivity index (χ0) is 17.4. The number of para-hydroxylation sites is 1. The van der Waals surface area contributed by atoms with E-state index in [1.165, 1.54) is 12.6 Å². The van der Waals surface area contributed by atoms with E-state index in [2.05, 4.69) is 14.9 Å². The van der Waals surface area contributed by atoms with Crippen molar-refractivity contribution in [2.45, 2.75) is 18.4 Å². The Morgan fingerprint density at radius 2 is 2.08 bits per heavy atom. The summed E-state index contributed by atoms with van der Waals surface area (Å²) in [7, 11) is -1.11. The van der Waals surface area contributed by atoms with E-state index in [9.17, 15) is 9.32 Å². The summed E-state index contributed by atoms with van der Waals surface area (Å²) in [6, 6.07) is 5.72. The predicted molar refractivity (Wildman–Crippen MR) is 94.1 cm³/mol. The molecular weight excluding hydrogens is 328 g/mol. The van der Waals surface area contributed by atoms with E-state index in [-0.39, 0.29) is 5.75 Å². The monoisotopic (exact) mass is 350 g/mol. The van der Waals surface area contributed by atoms with Crippen LogP contribution in [-0.4, -0.2) is 57.1 Å². The normalized spacial score (nSPS) is 19.9. The van der Waals surface area contributed by atoms with Crippen LogP contribution in [0.25, 0.3) is 10.9 Å². The van der Waals surface area contributed by atoms with Crippen molar-refractivity contribution in [2.75, 3.05) is 37.1 Å². The SMILES string of the molecule is COc1cccc2c(N3CCC(O)(C[S@](C)(=N)=O)CC3)ncnc12. The Labute approximate surface area is 141 Å². The highest BCUT2D eigenvalue weighted by Crippen LogP contribution is 2.32. The Kier molecular flexibility index (Phi) is 4.35. The molecule has 1 fully saturated rings. The highest BCUT2D eigenvalue weighted by Gasteiger charge is 2.35. The first-order valence-corrected chi connectivity index (χ1v) is 9.91. The molecule has 1 saturated heterocycles. The number of nitrogens with zero attached hydrogens (tertiary/aromatic N) is 3. The summed E-state index contributed by atoms with van der Waals surface area (Å²) in [5.41, 5.74) is -0.279. The van der Waals surface area contributed by atoms with Crippen LogP contribution in [0.5, 0.6) is 5.75 Å². The van der Waals surface area contributed by atoms with Gasteiger partial charge in [-0.05, 0) is 25.0 Å². The molecule has 0 spiro atoms. The molecule has 0 bridgehead atoms. The van der Waals surface area contributed by atoms with Crippen molar-refractivity contribution in [1.82, 2.24) is 9.97 Å². The summed E-state index contributed by atoms with van der Waals surface area (Å²) in [5, 5.41) is 11.5. The lowest BCUT2D eigenvalue weighted by atomic mass is 9.93. The number of piperidine rings is 1. The Morgan fingerprint density at radius 1 is 1.38 bits per heavy atom. The molecule has 0 amide bonds. The second-order valence-electron chi connectivity index (χ2n) is 6.41. The number of nitrogens with one attached hydrogen (secondary N) is 1. The molecule has 2 heterocycles. The standard InChI is InChI=1S/C16H22N4O3S/c1-23-13-5-3-4-12-14(13)18-11-19-15(12)20-8-6-16(21,7-9-20)10-24(2,17)22/h3-5,11,17,21H,6-10H2,1-2H3/t24-/m1/s1. The number of anilines is 1. The molecule has 1 aliphatic heterocycles. The smallest absolute Gasteiger partial charge is 0.145 e. The summed E-state index contributed by atoms with van der Waals surface area (Å²) in [5.74, 6) is 1.53. The van der Waals surface area contributed by atoms with E-state index >= 15 is 0 Å². The minimum absolute atomic E-state index is 0.0200. The lowest BCUT2D eigenvalue weighted by Crippen LogP contribution is -2.48. The number of aromatic nitrogens is 2. The maximum absolute atomic E-state index is 11.7. The number of fused-ring (bicyclic) bond motifs is 1. The van der Waals surface area contributed by atoms with Crippen molar-refractivity contribution in [3.8, 4) is 5.75 Å². The van der Waals surface area contributed by atoms with Gasteiger partial charge >= 0.3 is 0 Å². The molecule has 1 aromatic carbocycles. The van der Waals surface area contributed by atoms with Gasteiger partial charge in [-0.15, -0.1) is 0 Å². The minimum Gasteiger partial charge on any atom is -0.494 e. The average molecular weight is 350 g/mol. The average Bonchev–Trinajstić information content (AvgIpc) is 2.52. The molecule has 1 aliphatic rings. The molecule has 0 radical (unpaired) electrons. The van der Waals surface area contributed by atoms with Crippen LogP contribution in [0.15, 0.2) is 24.5 Å². The van der Waals surface area contributed by atoms with Gasteiger partial charge in [-0.25, -0.2) is 9.97 Å². The third kappa shape index (κ3) is 3.44. The van der Waals surface area contributed by atoms with Gasteiger partial charge in [0.05, 0.1) is 18.5 Å². The number of hydrogen-bond acceptors (Lipinski definition) is 7. The van der Waals surface area contributed by atoms with Gasteiger partial charge in [0, 0.05) is 34.5 Å². The third-order valence-corrected chi connectivity index (χ3v) is 5.45. The molecule has 24 heavy (non-hydrogen) atoms. The quantitative estimate of drug-likeness (QED) is 0.870. The molecule has 0 unspecified atom stereocenters. The van der Waals surface area contributed by atoms with Crippen LogP contribution in [0.2, 0.25) is 0 Å². The van der Waals surface area contributed by atoms with Gasteiger partial charge in [-0.3, -0.25) is 8.99 Å². The zero-order valence-electron chi connectivity index (χ0n) is 13.9. The van der Waals surface area contributed by atoms with Crippen molar-refractivity contribution in [3.63, 3.8) is 0 Å². The molecule has 130 valence electrons. The summed E-state index contributed by atoms with van der Waals surface area (Å²) >= 11 is 0. The summed E-state index contributed by atoms with van der Waals surface area (Å²) < 4.78 is 24.7. The van der Waals surface area contributed by atoms with Gasteiger partial charge in [0.2, 0.25) is 0 Å². The number of rotatable bonds is 4. The fourth-order valence-electron chi connectivity index (χ4n) is 3.26. The molecule has 1 aromatic heterocycles. The minimum atomic E-state index is -2.72. The number of hydrogen-bond donors (Lipinski definition) is 2. The van der Waals surface area contributed by atoms with Crippen LogP contribution >= 0.6 is 0 Å². The van der Waals surface area contributed by atoms with Gasteiger partial charge < -0.3 is 14.7 Å². The van der Waals surface area contributed by atoms with Crippen molar-refractivity contribution >= 4 is 26.4 Å². The number of ether oxygens (including phenoxy) is 1. The Bertz CT molecular complexity index is 846. The Balaban J connectivity index is 1.86. The molecule has 2 N–H and O–H groups in total. The Hall–Kier alpha value is -1.93. The lowest BCUT2D eigenvalue weighted by Gasteiger charge is -2.39. The number of benzene rings is 1. The maximum atomic E-state index is 11.7. The predicted octanol–water partition coefficient (Wildman–Crippen LogP) is 1.65. The number of aliphatic hydroxyl groups is 1. The molecule has 0 saturated carbocycles. The summed E-state index contributed by atoms with van der Waals surface area (Å²) in [6.07, 6.45) is 3.82. The van der Waals surface area contributed by atoms with Crippen molar-refractivity contribution in [1.29, 1.82) is 4.78 Å². The molecule has 7 nitrogen and oxygen atoms in total. The van der Waals surface area contributed by atoms with E-state index in [1.54, 1.807) is 7.11 Å². The van der Waals surface area contributed by atoms with E-state index in [0.717, 1.165) is 16.7 Å². The summed E-state index contributed by atoms with van der Waals surface area (Å²) in [6.45, 7) is 1.19. The molecule has 1 atom stereocenters. The molecule has 0 aliphatic carbocycles. The molecule has 8 heteroatoms. The molecular formula is C16H22N4O3S. The second kappa shape index (κ2) is 6.18. The highest BCUT2D eigenvalue weighted by molar-refractivity contribution is 7.91. The topological polar surface area (TPSA) is 99.4 Å². The van der Waals surface area contributed by atoms with Crippen molar-refractivity contribution in [2.24, 2.45) is 0 Å². The molecule has 3 rings (SSSR count). The highest BCUT2D eigenvalue weighted by atomic mass is 32.2. The van der Waals surface area contributed by atoms with Gasteiger partial charge in [0.1, 0.15) is 23.4 Å². The van der Waals surface area contributed by atoms with Crippen LogP contribution in [0, 0.1) is 4.78 Å². The maximum Gasteiger partial charge on any atom is 0.145 e. The van der Waals surface area contributed by atoms with Crippen molar-refractivity contribution in [3.05, 3.63) is 24.5 Å². The fraction of sp³-hybridized carbons (Fsp3) is 0.500. The van der Waals surface area contributed by atoms with E-state index < -0.39 is 15.3 Å². The first-order valence-electron chi connectivity index (χ1n) is 7.78.